The zero-order valence-corrected chi connectivity index (χ0v) is 9.07. The molecule has 5 heteroatoms. The van der Waals surface area contributed by atoms with Gasteiger partial charge in [0.25, 0.3) is 5.91 Å². The Balaban J connectivity index is 2.01. The predicted octanol–water partition coefficient (Wildman–Crippen LogP) is 2.26. The molecule has 0 aromatic carbocycles. The Kier molecular flexibility index (Phi) is 3.22. The lowest BCUT2D eigenvalue weighted by molar-refractivity contribution is 0.0948. The second-order valence-electron chi connectivity index (χ2n) is 3.12. The van der Waals surface area contributed by atoms with Crippen molar-refractivity contribution in [1.82, 2.24) is 10.3 Å². The zero-order valence-electron chi connectivity index (χ0n) is 8.31. The van der Waals surface area contributed by atoms with E-state index >= 15 is 0 Å². The maximum absolute atomic E-state index is 11.7. The SMILES string of the molecule is O=C(NCc1ccco1)c1ccncc1Cl. The van der Waals surface area contributed by atoms with E-state index in [4.69, 9.17) is 16.0 Å². The highest BCUT2D eigenvalue weighted by atomic mass is 35.5. The van der Waals surface area contributed by atoms with Crippen LogP contribution in [0.4, 0.5) is 0 Å². The highest BCUT2D eigenvalue weighted by Crippen LogP contribution is 2.13. The van der Waals surface area contributed by atoms with Crippen LogP contribution >= 0.6 is 11.6 Å². The first kappa shape index (κ1) is 10.7. The van der Waals surface area contributed by atoms with Gasteiger partial charge in [-0.05, 0) is 18.2 Å². The van der Waals surface area contributed by atoms with Gasteiger partial charge in [-0.3, -0.25) is 9.78 Å². The fourth-order valence-corrected chi connectivity index (χ4v) is 1.44. The van der Waals surface area contributed by atoms with Gasteiger partial charge in [0.15, 0.2) is 0 Å². The van der Waals surface area contributed by atoms with Crippen LogP contribution in [-0.4, -0.2) is 10.9 Å². The van der Waals surface area contributed by atoms with Crippen LogP contribution in [0.5, 0.6) is 0 Å². The molecule has 0 saturated carbocycles. The molecule has 0 unspecified atom stereocenters. The van der Waals surface area contributed by atoms with Crippen molar-refractivity contribution >= 4 is 17.5 Å². The molecule has 1 N–H and O–H groups in total. The van der Waals surface area contributed by atoms with Crippen molar-refractivity contribution in [2.75, 3.05) is 0 Å². The lowest BCUT2D eigenvalue weighted by atomic mass is 10.2. The quantitative estimate of drug-likeness (QED) is 0.889. The number of hydrogen-bond acceptors (Lipinski definition) is 3. The van der Waals surface area contributed by atoms with E-state index in [0.717, 1.165) is 0 Å². The van der Waals surface area contributed by atoms with E-state index < -0.39 is 0 Å². The van der Waals surface area contributed by atoms with Crippen LogP contribution in [0.25, 0.3) is 0 Å². The van der Waals surface area contributed by atoms with E-state index in [1.807, 2.05) is 0 Å². The number of furan rings is 1. The summed E-state index contributed by atoms with van der Waals surface area (Å²) in [6.07, 6.45) is 4.51. The molecular formula is C11H9ClN2O2. The van der Waals surface area contributed by atoms with Crippen LogP contribution in [0, 0.1) is 0 Å². The standard InChI is InChI=1S/C11H9ClN2O2/c12-10-7-13-4-3-9(10)11(15)14-6-8-2-1-5-16-8/h1-5,7H,6H2,(H,14,15). The highest BCUT2D eigenvalue weighted by molar-refractivity contribution is 6.33. The Morgan fingerprint density at radius 2 is 2.38 bits per heavy atom. The first-order valence-electron chi connectivity index (χ1n) is 4.67. The lowest BCUT2D eigenvalue weighted by Crippen LogP contribution is -2.22. The Bertz CT molecular complexity index is 482. The number of carbonyl (C=O) groups is 1. The van der Waals surface area contributed by atoms with Gasteiger partial charge in [0, 0.05) is 12.4 Å². The number of carbonyl (C=O) groups excluding carboxylic acids is 1. The number of nitrogens with zero attached hydrogens (tertiary/aromatic N) is 1. The van der Waals surface area contributed by atoms with Gasteiger partial charge in [-0.2, -0.15) is 0 Å². The minimum atomic E-state index is -0.246. The van der Waals surface area contributed by atoms with E-state index in [2.05, 4.69) is 10.3 Å². The third-order valence-corrected chi connectivity index (χ3v) is 2.32. The van der Waals surface area contributed by atoms with Crippen LogP contribution in [0.15, 0.2) is 41.3 Å². The van der Waals surface area contributed by atoms with E-state index in [-0.39, 0.29) is 5.91 Å². The van der Waals surface area contributed by atoms with E-state index in [0.29, 0.717) is 22.9 Å². The normalized spacial score (nSPS) is 10.1. The summed E-state index contributed by atoms with van der Waals surface area (Å²) in [7, 11) is 0. The summed E-state index contributed by atoms with van der Waals surface area (Å²) in [6.45, 7) is 0.338. The number of halogens is 1. The molecule has 2 aromatic heterocycles. The van der Waals surface area contributed by atoms with Crippen LogP contribution in [0.1, 0.15) is 16.1 Å². The summed E-state index contributed by atoms with van der Waals surface area (Å²) < 4.78 is 5.09. The van der Waals surface area contributed by atoms with Gasteiger partial charge in [-0.15, -0.1) is 0 Å². The van der Waals surface area contributed by atoms with Crippen LogP contribution < -0.4 is 5.32 Å². The number of aromatic nitrogens is 1. The number of rotatable bonds is 3. The summed E-state index contributed by atoms with van der Waals surface area (Å²) >= 11 is 5.83. The average molecular weight is 237 g/mol. The van der Waals surface area contributed by atoms with Gasteiger partial charge in [0.05, 0.1) is 23.4 Å². The van der Waals surface area contributed by atoms with Gasteiger partial charge < -0.3 is 9.73 Å². The molecule has 2 rings (SSSR count). The molecule has 0 saturated heterocycles. The molecule has 0 fully saturated rings. The van der Waals surface area contributed by atoms with Crippen molar-refractivity contribution in [2.24, 2.45) is 0 Å². The van der Waals surface area contributed by atoms with Crippen molar-refractivity contribution in [3.8, 4) is 0 Å². The van der Waals surface area contributed by atoms with Gasteiger partial charge in [-0.1, -0.05) is 11.6 Å². The van der Waals surface area contributed by atoms with Gasteiger partial charge in [-0.25, -0.2) is 0 Å². The molecule has 1 amide bonds. The average Bonchev–Trinajstić information content (AvgIpc) is 2.79. The summed E-state index contributed by atoms with van der Waals surface area (Å²) in [5.41, 5.74) is 0.406. The number of hydrogen-bond donors (Lipinski definition) is 1. The second kappa shape index (κ2) is 4.81. The summed E-state index contributed by atoms with van der Waals surface area (Å²) in [5, 5.41) is 3.03. The largest absolute Gasteiger partial charge is 0.467 e. The van der Waals surface area contributed by atoms with E-state index in [9.17, 15) is 4.79 Å². The van der Waals surface area contributed by atoms with E-state index in [1.54, 1.807) is 24.5 Å². The number of pyridine rings is 1. The van der Waals surface area contributed by atoms with Crippen molar-refractivity contribution < 1.29 is 9.21 Å². The molecule has 16 heavy (non-hydrogen) atoms. The Morgan fingerprint density at radius 1 is 1.50 bits per heavy atom. The van der Waals surface area contributed by atoms with Crippen molar-refractivity contribution in [3.63, 3.8) is 0 Å². The first-order valence-corrected chi connectivity index (χ1v) is 5.05. The molecule has 4 nitrogen and oxygen atoms in total. The lowest BCUT2D eigenvalue weighted by Gasteiger charge is -2.04. The Labute approximate surface area is 97.2 Å². The molecule has 0 aliphatic heterocycles. The molecule has 0 aliphatic rings. The maximum Gasteiger partial charge on any atom is 0.253 e. The summed E-state index contributed by atoms with van der Waals surface area (Å²) in [6, 6.07) is 5.12. The molecule has 2 aromatic rings. The summed E-state index contributed by atoms with van der Waals surface area (Å²) in [4.78, 5) is 15.5. The molecule has 0 radical (unpaired) electrons. The van der Waals surface area contributed by atoms with E-state index in [1.165, 1.54) is 12.4 Å². The molecule has 82 valence electrons. The molecular weight excluding hydrogens is 228 g/mol. The molecule has 0 bridgehead atoms. The molecule has 2 heterocycles. The third kappa shape index (κ3) is 2.41. The fourth-order valence-electron chi connectivity index (χ4n) is 1.24. The first-order chi connectivity index (χ1) is 7.77. The monoisotopic (exact) mass is 236 g/mol. The number of nitrogens with one attached hydrogen (secondary N) is 1. The van der Waals surface area contributed by atoms with Crippen LogP contribution in [0.2, 0.25) is 5.02 Å². The van der Waals surface area contributed by atoms with Gasteiger partial charge >= 0.3 is 0 Å². The van der Waals surface area contributed by atoms with Crippen molar-refractivity contribution in [1.29, 1.82) is 0 Å². The third-order valence-electron chi connectivity index (χ3n) is 2.02. The highest BCUT2D eigenvalue weighted by Gasteiger charge is 2.09. The van der Waals surface area contributed by atoms with Crippen LogP contribution in [0.3, 0.4) is 0 Å². The van der Waals surface area contributed by atoms with Gasteiger partial charge in [0.1, 0.15) is 5.76 Å². The fraction of sp³-hybridized carbons (Fsp3) is 0.0909. The molecule has 0 atom stereocenters. The second-order valence-corrected chi connectivity index (χ2v) is 3.52. The van der Waals surface area contributed by atoms with Crippen molar-refractivity contribution in [3.05, 3.63) is 53.2 Å². The molecule has 0 aliphatic carbocycles. The smallest absolute Gasteiger partial charge is 0.253 e. The maximum atomic E-state index is 11.7. The Hall–Kier alpha value is -1.81. The minimum Gasteiger partial charge on any atom is -0.467 e. The number of amides is 1. The van der Waals surface area contributed by atoms with Crippen LogP contribution in [-0.2, 0) is 6.54 Å². The summed E-state index contributed by atoms with van der Waals surface area (Å²) in [5.74, 6) is 0.447. The van der Waals surface area contributed by atoms with Crippen molar-refractivity contribution in [2.45, 2.75) is 6.54 Å². The van der Waals surface area contributed by atoms with Gasteiger partial charge in [0.2, 0.25) is 0 Å². The minimum absolute atomic E-state index is 0.246. The Morgan fingerprint density at radius 3 is 3.06 bits per heavy atom. The predicted molar refractivity (Wildman–Crippen MR) is 59.1 cm³/mol. The zero-order chi connectivity index (χ0) is 11.4. The topological polar surface area (TPSA) is 55.1 Å². The molecule has 0 spiro atoms.